The largest absolute Gasteiger partial charge is 0.480 e. The van der Waals surface area contributed by atoms with E-state index in [1.807, 2.05) is 54.7 Å². The molecule has 0 saturated heterocycles. The average molecular weight is 566 g/mol. The van der Waals surface area contributed by atoms with Gasteiger partial charge < -0.3 is 34.1 Å². The first-order valence-corrected chi connectivity index (χ1v) is 13.4. The van der Waals surface area contributed by atoms with E-state index >= 15 is 0 Å². The van der Waals surface area contributed by atoms with Gasteiger partial charge in [0.2, 0.25) is 25.6 Å². The molecule has 12 heteroatoms. The summed E-state index contributed by atoms with van der Waals surface area (Å²) in [6, 6.07) is 7.35. The molecule has 4 heterocycles. The van der Waals surface area contributed by atoms with Gasteiger partial charge in [-0.2, -0.15) is 4.57 Å². The molecule has 198 valence electrons. The third-order valence-electron chi connectivity index (χ3n) is 5.96. The monoisotopic (exact) mass is 565 g/mol. The zero-order chi connectivity index (χ0) is 26.9. The summed E-state index contributed by atoms with van der Waals surface area (Å²) in [5.74, 6) is 0.629. The summed E-state index contributed by atoms with van der Waals surface area (Å²) in [7, 11) is 0. The summed E-state index contributed by atoms with van der Waals surface area (Å²) < 4.78 is 24.4. The van der Waals surface area contributed by atoms with E-state index in [1.54, 1.807) is 21.6 Å². The number of benzene rings is 2. The van der Waals surface area contributed by atoms with Gasteiger partial charge in [0.25, 0.3) is 5.01 Å². The van der Waals surface area contributed by atoms with Crippen LogP contribution in [0, 0.1) is 0 Å². The van der Waals surface area contributed by atoms with Crippen molar-refractivity contribution < 1.29 is 43.3 Å². The Kier molecular flexibility index (Phi) is 6.63. The Balaban J connectivity index is 1.17. The summed E-state index contributed by atoms with van der Waals surface area (Å²) >= 11 is 2.93. The number of carbonyl (C=O) groups is 2. The molecule has 0 atom stereocenters. The van der Waals surface area contributed by atoms with Crippen molar-refractivity contribution >= 4 is 57.0 Å². The fourth-order valence-corrected chi connectivity index (χ4v) is 6.47. The van der Waals surface area contributed by atoms with Gasteiger partial charge in [-0.3, -0.25) is 4.79 Å². The SMILES string of the molecule is O=C(O)CN1C(=CC=CC=CC=Cc2sc3cc4c(cc3[n+]2CC(=O)O)OCO4)Sc2cc3c(cc21)OCO3. The quantitative estimate of drug-likeness (QED) is 0.301. The highest BCUT2D eigenvalue weighted by molar-refractivity contribution is 8.03. The first-order valence-electron chi connectivity index (χ1n) is 11.8. The summed E-state index contributed by atoms with van der Waals surface area (Å²) in [4.78, 5) is 25.6. The van der Waals surface area contributed by atoms with Crippen molar-refractivity contribution in [3.63, 3.8) is 0 Å². The smallest absolute Gasteiger partial charge is 0.370 e. The van der Waals surface area contributed by atoms with Crippen LogP contribution in [0.1, 0.15) is 5.01 Å². The van der Waals surface area contributed by atoms with Crippen molar-refractivity contribution in [3.8, 4) is 23.0 Å². The minimum Gasteiger partial charge on any atom is -0.480 e. The van der Waals surface area contributed by atoms with Crippen LogP contribution in [0.4, 0.5) is 5.69 Å². The minimum atomic E-state index is -0.938. The van der Waals surface area contributed by atoms with E-state index in [-0.39, 0.29) is 26.7 Å². The number of thioether (sulfide) groups is 1. The van der Waals surface area contributed by atoms with Crippen LogP contribution in [0.2, 0.25) is 0 Å². The lowest BCUT2D eigenvalue weighted by atomic mass is 10.2. The number of allylic oxidation sites excluding steroid dienone is 6. The molecule has 0 spiro atoms. The molecule has 2 N–H and O–H groups in total. The Morgan fingerprint density at radius 1 is 0.872 bits per heavy atom. The molecule has 3 aliphatic rings. The topological polar surface area (TPSA) is 119 Å². The number of hydrogen-bond acceptors (Lipinski definition) is 9. The molecule has 0 saturated carbocycles. The van der Waals surface area contributed by atoms with Crippen molar-refractivity contribution in [2.45, 2.75) is 11.4 Å². The molecule has 1 aromatic heterocycles. The molecule has 2 aromatic carbocycles. The highest BCUT2D eigenvalue weighted by atomic mass is 32.2. The molecule has 0 aliphatic carbocycles. The van der Waals surface area contributed by atoms with Crippen molar-refractivity contribution in [2.24, 2.45) is 0 Å². The van der Waals surface area contributed by atoms with Crippen LogP contribution in [-0.4, -0.2) is 42.3 Å². The van der Waals surface area contributed by atoms with Crippen LogP contribution in [-0.2, 0) is 16.1 Å². The molecule has 39 heavy (non-hydrogen) atoms. The molecule has 0 radical (unpaired) electrons. The normalized spacial score (nSPS) is 16.5. The van der Waals surface area contributed by atoms with E-state index in [1.165, 1.54) is 23.1 Å². The Morgan fingerprint density at radius 3 is 2.28 bits per heavy atom. The summed E-state index contributed by atoms with van der Waals surface area (Å²) in [6.45, 7) is -0.0418. The van der Waals surface area contributed by atoms with Gasteiger partial charge >= 0.3 is 11.9 Å². The van der Waals surface area contributed by atoms with Crippen LogP contribution in [0.25, 0.3) is 16.3 Å². The number of thiazole rings is 1. The van der Waals surface area contributed by atoms with Gasteiger partial charge in [0, 0.05) is 29.2 Å². The number of carboxylic acid groups (broad SMARTS) is 2. The lowest BCUT2D eigenvalue weighted by molar-refractivity contribution is -0.657. The van der Waals surface area contributed by atoms with Gasteiger partial charge in [-0.05, 0) is 6.08 Å². The number of hydrogen-bond donors (Lipinski definition) is 2. The molecule has 3 aliphatic heterocycles. The number of ether oxygens (including phenoxy) is 4. The predicted octanol–water partition coefficient (Wildman–Crippen LogP) is 4.39. The zero-order valence-corrected chi connectivity index (χ0v) is 21.9. The second-order valence-corrected chi connectivity index (χ2v) is 10.6. The summed E-state index contributed by atoms with van der Waals surface area (Å²) in [5.41, 5.74) is 1.54. The summed E-state index contributed by atoms with van der Waals surface area (Å²) in [5, 5.41) is 20.4. The average Bonchev–Trinajstić information content (AvgIpc) is 3.67. The Morgan fingerprint density at radius 2 is 1.54 bits per heavy atom. The van der Waals surface area contributed by atoms with Crippen molar-refractivity contribution in [3.05, 3.63) is 70.8 Å². The maximum atomic E-state index is 11.5. The minimum absolute atomic E-state index is 0.155. The maximum absolute atomic E-state index is 11.5. The molecule has 0 unspecified atom stereocenters. The number of aliphatic carboxylic acids is 2. The third kappa shape index (κ3) is 5.03. The van der Waals surface area contributed by atoms with Gasteiger partial charge in [-0.25, -0.2) is 4.79 Å². The Labute approximate surface area is 230 Å². The Hall–Kier alpha value is -4.42. The number of anilines is 1. The first-order chi connectivity index (χ1) is 19.0. The molecule has 6 rings (SSSR count). The third-order valence-corrected chi connectivity index (χ3v) is 8.18. The van der Waals surface area contributed by atoms with Crippen LogP contribution in [0.3, 0.4) is 0 Å². The second kappa shape index (κ2) is 10.4. The van der Waals surface area contributed by atoms with Crippen LogP contribution in [0.15, 0.2) is 70.6 Å². The molecule has 0 amide bonds. The highest BCUT2D eigenvalue weighted by Crippen LogP contribution is 2.51. The molecular weight excluding hydrogens is 544 g/mol. The number of rotatable bonds is 8. The van der Waals surface area contributed by atoms with Gasteiger partial charge in [0.05, 0.1) is 16.8 Å². The van der Waals surface area contributed by atoms with Crippen molar-refractivity contribution in [1.82, 2.24) is 0 Å². The first kappa shape index (κ1) is 24.9. The maximum Gasteiger partial charge on any atom is 0.370 e. The summed E-state index contributed by atoms with van der Waals surface area (Å²) in [6.07, 6.45) is 12.9. The van der Waals surface area contributed by atoms with E-state index < -0.39 is 11.9 Å². The van der Waals surface area contributed by atoms with E-state index in [0.29, 0.717) is 23.0 Å². The van der Waals surface area contributed by atoms with E-state index in [0.717, 1.165) is 30.8 Å². The zero-order valence-electron chi connectivity index (χ0n) is 20.2. The number of fused-ring (bicyclic) bond motifs is 4. The lowest BCUT2D eigenvalue weighted by Gasteiger charge is -2.17. The predicted molar refractivity (Wildman–Crippen MR) is 145 cm³/mol. The van der Waals surface area contributed by atoms with Gasteiger partial charge in [-0.1, -0.05) is 53.5 Å². The standard InChI is InChI=1S/C27H20N2O8S2/c30-26(31)12-28-16-8-18-20(36-14-34-18)10-22(16)38-24(28)6-4-2-1-3-5-7-25-29(13-27(32)33)17-9-19-21(37-15-35-19)11-23(17)39-25/h1-11H,12-15H2,(H-,30,31,32,33)/p+1. The fraction of sp³-hybridized carbons (Fsp3) is 0.148. The van der Waals surface area contributed by atoms with E-state index in [4.69, 9.17) is 18.9 Å². The van der Waals surface area contributed by atoms with E-state index in [2.05, 4.69) is 0 Å². The van der Waals surface area contributed by atoms with Crippen molar-refractivity contribution in [2.75, 3.05) is 25.0 Å². The highest BCUT2D eigenvalue weighted by Gasteiger charge is 2.30. The molecule has 10 nitrogen and oxygen atoms in total. The lowest BCUT2D eigenvalue weighted by Crippen LogP contribution is -2.39. The van der Waals surface area contributed by atoms with Crippen LogP contribution < -0.4 is 28.4 Å². The van der Waals surface area contributed by atoms with Crippen molar-refractivity contribution in [1.29, 1.82) is 0 Å². The van der Waals surface area contributed by atoms with Gasteiger partial charge in [0.1, 0.15) is 11.2 Å². The number of aromatic nitrogens is 1. The fourth-order valence-electron chi connectivity index (χ4n) is 4.30. The molecule has 0 bridgehead atoms. The molecule has 3 aromatic rings. The van der Waals surface area contributed by atoms with Crippen LogP contribution in [0.5, 0.6) is 23.0 Å². The van der Waals surface area contributed by atoms with Gasteiger partial charge in [-0.15, -0.1) is 0 Å². The Bertz CT molecular complexity index is 1620. The number of nitrogens with zero attached hydrogens (tertiary/aromatic N) is 2. The van der Waals surface area contributed by atoms with Gasteiger partial charge in [0.15, 0.2) is 23.0 Å². The molecular formula is C27H21N2O8S2+. The van der Waals surface area contributed by atoms with Crippen LogP contribution >= 0.6 is 23.1 Å². The number of carboxylic acids is 2. The molecule has 0 fully saturated rings. The second-order valence-electron chi connectivity index (χ2n) is 8.48. The van der Waals surface area contributed by atoms with E-state index in [9.17, 15) is 19.8 Å².